The smallest absolute Gasteiger partial charge is 0.309 e. The largest absolute Gasteiger partial charge is 0.460 e. The standard InChI is InChI=1S/C20H38O3/c1-3-4-5-6-7-8-9-10-11-12-13-16-22-17-18(2)23-20(21)19-14-15-19/h18-19H,3-17H2,1-2H3. The zero-order chi connectivity index (χ0) is 16.8. The van der Waals surface area contributed by atoms with E-state index in [1.807, 2.05) is 6.92 Å². The van der Waals surface area contributed by atoms with Gasteiger partial charge in [-0.1, -0.05) is 71.1 Å². The molecule has 3 heteroatoms. The second-order valence-electron chi connectivity index (χ2n) is 7.13. The summed E-state index contributed by atoms with van der Waals surface area (Å²) >= 11 is 0. The lowest BCUT2D eigenvalue weighted by molar-refractivity contribution is -0.152. The number of carbonyl (C=O) groups excluding carboxylic acids is 1. The summed E-state index contributed by atoms with van der Waals surface area (Å²) in [6.07, 6.45) is 16.8. The molecular formula is C20H38O3. The fourth-order valence-electron chi connectivity index (χ4n) is 2.77. The fraction of sp³-hybridized carbons (Fsp3) is 0.950. The van der Waals surface area contributed by atoms with E-state index in [1.165, 1.54) is 64.2 Å². The second-order valence-corrected chi connectivity index (χ2v) is 7.13. The summed E-state index contributed by atoms with van der Waals surface area (Å²) in [4.78, 5) is 11.5. The molecule has 1 unspecified atom stereocenters. The van der Waals surface area contributed by atoms with E-state index < -0.39 is 0 Å². The van der Waals surface area contributed by atoms with Gasteiger partial charge in [0.15, 0.2) is 0 Å². The van der Waals surface area contributed by atoms with Crippen LogP contribution in [-0.4, -0.2) is 25.3 Å². The highest BCUT2D eigenvalue weighted by Gasteiger charge is 2.32. The highest BCUT2D eigenvalue weighted by molar-refractivity contribution is 5.75. The minimum atomic E-state index is -0.101. The number of hydrogen-bond donors (Lipinski definition) is 0. The Labute approximate surface area is 143 Å². The minimum absolute atomic E-state index is 0.0317. The molecule has 0 N–H and O–H groups in total. The van der Waals surface area contributed by atoms with Gasteiger partial charge in [-0.05, 0) is 26.2 Å². The molecule has 0 aromatic heterocycles. The maximum Gasteiger partial charge on any atom is 0.309 e. The number of esters is 1. The SMILES string of the molecule is CCCCCCCCCCCCCOCC(C)OC(=O)C1CC1. The molecule has 136 valence electrons. The van der Waals surface area contributed by atoms with Crippen molar-refractivity contribution in [2.24, 2.45) is 5.92 Å². The summed E-state index contributed by atoms with van der Waals surface area (Å²) in [6.45, 7) is 5.52. The lowest BCUT2D eigenvalue weighted by Crippen LogP contribution is -2.21. The third-order valence-electron chi connectivity index (χ3n) is 4.47. The summed E-state index contributed by atoms with van der Waals surface area (Å²) in [5.74, 6) is 0.153. The van der Waals surface area contributed by atoms with E-state index in [0.717, 1.165) is 25.9 Å². The van der Waals surface area contributed by atoms with Crippen LogP contribution in [0.2, 0.25) is 0 Å². The topological polar surface area (TPSA) is 35.5 Å². The molecule has 0 heterocycles. The molecule has 0 amide bonds. The Hall–Kier alpha value is -0.570. The Kier molecular flexibility index (Phi) is 12.3. The first-order chi connectivity index (χ1) is 11.2. The molecule has 0 spiro atoms. The lowest BCUT2D eigenvalue weighted by Gasteiger charge is -2.13. The van der Waals surface area contributed by atoms with Gasteiger partial charge in [-0.25, -0.2) is 0 Å². The highest BCUT2D eigenvalue weighted by atomic mass is 16.6. The first kappa shape index (κ1) is 20.5. The van der Waals surface area contributed by atoms with Crippen LogP contribution in [0.5, 0.6) is 0 Å². The lowest BCUT2D eigenvalue weighted by atomic mass is 10.1. The number of rotatable bonds is 16. The van der Waals surface area contributed by atoms with Crippen LogP contribution in [0.15, 0.2) is 0 Å². The molecule has 0 aromatic carbocycles. The summed E-state index contributed by atoms with van der Waals surface area (Å²) in [5.41, 5.74) is 0. The Morgan fingerprint density at radius 1 is 0.913 bits per heavy atom. The molecular weight excluding hydrogens is 288 g/mol. The number of carbonyl (C=O) groups is 1. The van der Waals surface area contributed by atoms with Crippen molar-refractivity contribution in [1.82, 2.24) is 0 Å². The highest BCUT2D eigenvalue weighted by Crippen LogP contribution is 2.30. The summed E-state index contributed by atoms with van der Waals surface area (Å²) in [5, 5.41) is 0. The van der Waals surface area contributed by atoms with E-state index in [0.29, 0.717) is 6.61 Å². The van der Waals surface area contributed by atoms with Gasteiger partial charge in [0.25, 0.3) is 0 Å². The summed E-state index contributed by atoms with van der Waals surface area (Å²) in [6, 6.07) is 0. The van der Waals surface area contributed by atoms with Crippen LogP contribution in [0.25, 0.3) is 0 Å². The maximum absolute atomic E-state index is 11.5. The van der Waals surface area contributed by atoms with Crippen LogP contribution in [0.1, 0.15) is 97.3 Å². The number of unbranched alkanes of at least 4 members (excludes halogenated alkanes) is 10. The van der Waals surface area contributed by atoms with Crippen molar-refractivity contribution < 1.29 is 14.3 Å². The Balaban J connectivity index is 1.73. The molecule has 3 nitrogen and oxygen atoms in total. The molecule has 1 fully saturated rings. The van der Waals surface area contributed by atoms with E-state index in [2.05, 4.69) is 6.92 Å². The third-order valence-corrected chi connectivity index (χ3v) is 4.47. The third kappa shape index (κ3) is 12.5. The molecule has 1 aliphatic rings. The van der Waals surface area contributed by atoms with Crippen molar-refractivity contribution in [3.05, 3.63) is 0 Å². The molecule has 1 aliphatic carbocycles. The van der Waals surface area contributed by atoms with Gasteiger partial charge in [0.05, 0.1) is 12.5 Å². The van der Waals surface area contributed by atoms with Crippen LogP contribution in [0.4, 0.5) is 0 Å². The van der Waals surface area contributed by atoms with Crippen molar-refractivity contribution in [3.63, 3.8) is 0 Å². The Morgan fingerprint density at radius 2 is 1.43 bits per heavy atom. The second kappa shape index (κ2) is 13.8. The predicted molar refractivity (Wildman–Crippen MR) is 95.6 cm³/mol. The average Bonchev–Trinajstić information content (AvgIpc) is 3.36. The first-order valence-corrected chi connectivity index (χ1v) is 10.0. The predicted octanol–water partition coefficient (Wildman–Crippen LogP) is 5.66. The summed E-state index contributed by atoms with van der Waals surface area (Å²) in [7, 11) is 0. The molecule has 23 heavy (non-hydrogen) atoms. The van der Waals surface area contributed by atoms with Crippen molar-refractivity contribution in [1.29, 1.82) is 0 Å². The van der Waals surface area contributed by atoms with Crippen molar-refractivity contribution >= 4 is 5.97 Å². The fourth-order valence-corrected chi connectivity index (χ4v) is 2.77. The van der Waals surface area contributed by atoms with E-state index in [9.17, 15) is 4.79 Å². The quantitative estimate of drug-likeness (QED) is 0.271. The van der Waals surface area contributed by atoms with Gasteiger partial charge in [0.2, 0.25) is 0 Å². The van der Waals surface area contributed by atoms with Crippen molar-refractivity contribution in [3.8, 4) is 0 Å². The van der Waals surface area contributed by atoms with Gasteiger partial charge < -0.3 is 9.47 Å². The number of hydrogen-bond acceptors (Lipinski definition) is 3. The average molecular weight is 327 g/mol. The van der Waals surface area contributed by atoms with Gasteiger partial charge >= 0.3 is 5.97 Å². The Morgan fingerprint density at radius 3 is 1.96 bits per heavy atom. The van der Waals surface area contributed by atoms with Gasteiger partial charge in [-0.2, -0.15) is 0 Å². The zero-order valence-corrected chi connectivity index (χ0v) is 15.5. The molecule has 0 bridgehead atoms. The van der Waals surface area contributed by atoms with Gasteiger partial charge in [-0.15, -0.1) is 0 Å². The van der Waals surface area contributed by atoms with Crippen LogP contribution < -0.4 is 0 Å². The first-order valence-electron chi connectivity index (χ1n) is 10.0. The normalized spacial score (nSPS) is 15.6. The van der Waals surface area contributed by atoms with Gasteiger partial charge in [0, 0.05) is 6.61 Å². The molecule has 0 saturated heterocycles. The van der Waals surface area contributed by atoms with Crippen LogP contribution in [-0.2, 0) is 14.3 Å². The molecule has 0 aliphatic heterocycles. The Bertz CT molecular complexity index is 287. The van der Waals surface area contributed by atoms with Gasteiger partial charge in [-0.3, -0.25) is 4.79 Å². The van der Waals surface area contributed by atoms with Crippen LogP contribution in [0, 0.1) is 5.92 Å². The number of ether oxygens (including phenoxy) is 2. The maximum atomic E-state index is 11.5. The van der Waals surface area contributed by atoms with E-state index in [4.69, 9.17) is 9.47 Å². The van der Waals surface area contributed by atoms with Crippen molar-refractivity contribution in [2.45, 2.75) is 103 Å². The molecule has 0 aromatic rings. The van der Waals surface area contributed by atoms with Crippen molar-refractivity contribution in [2.75, 3.05) is 13.2 Å². The molecule has 1 rings (SSSR count). The minimum Gasteiger partial charge on any atom is -0.460 e. The zero-order valence-electron chi connectivity index (χ0n) is 15.5. The summed E-state index contributed by atoms with van der Waals surface area (Å²) < 4.78 is 10.9. The monoisotopic (exact) mass is 326 g/mol. The molecule has 1 atom stereocenters. The molecule has 0 radical (unpaired) electrons. The van der Waals surface area contributed by atoms with Crippen LogP contribution >= 0.6 is 0 Å². The van der Waals surface area contributed by atoms with E-state index in [1.54, 1.807) is 0 Å². The van der Waals surface area contributed by atoms with Crippen LogP contribution in [0.3, 0.4) is 0 Å². The van der Waals surface area contributed by atoms with Gasteiger partial charge in [0.1, 0.15) is 6.10 Å². The van der Waals surface area contributed by atoms with E-state index >= 15 is 0 Å². The van der Waals surface area contributed by atoms with E-state index in [-0.39, 0.29) is 18.0 Å². The molecule has 1 saturated carbocycles.